The van der Waals surface area contributed by atoms with E-state index in [4.69, 9.17) is 5.73 Å². The Morgan fingerprint density at radius 3 is 2.09 bits per heavy atom. The first kappa shape index (κ1) is 40.4. The van der Waals surface area contributed by atoms with Crippen LogP contribution in [-0.4, -0.2) is 49.8 Å². The Labute approximate surface area is 263 Å². The number of anilines is 1. The van der Waals surface area contributed by atoms with E-state index in [1.165, 1.54) is 5.56 Å². The van der Waals surface area contributed by atoms with Gasteiger partial charge in [-0.1, -0.05) is 96.3 Å². The minimum Gasteiger partial charge on any atom is -0.399 e. The number of hydrogen-bond donors (Lipinski definition) is 3. The van der Waals surface area contributed by atoms with Crippen molar-refractivity contribution in [2.75, 3.05) is 32.6 Å². The molecule has 1 heterocycles. The van der Waals surface area contributed by atoms with Gasteiger partial charge in [-0.15, -0.1) is 0 Å². The minimum atomic E-state index is -3.67. The summed E-state index contributed by atoms with van der Waals surface area (Å²) in [4.78, 5) is 1.90. The summed E-state index contributed by atoms with van der Waals surface area (Å²) in [6, 6.07) is 13.6. The first-order valence-corrected chi connectivity index (χ1v) is 15.0. The van der Waals surface area contributed by atoms with E-state index in [-0.39, 0.29) is 17.3 Å². The number of rotatable bonds is 11. The van der Waals surface area contributed by atoms with E-state index in [0.717, 1.165) is 41.2 Å². The van der Waals surface area contributed by atoms with Gasteiger partial charge in [0.25, 0.3) is 0 Å². The highest BCUT2D eigenvalue weighted by atomic mass is 19.4. The van der Waals surface area contributed by atoms with E-state index in [1.54, 1.807) is 12.1 Å². The van der Waals surface area contributed by atoms with Crippen LogP contribution in [0.25, 0.3) is 5.70 Å². The van der Waals surface area contributed by atoms with E-state index in [9.17, 15) is 17.6 Å². The minimum absolute atomic E-state index is 0.0634. The Hall–Kier alpha value is -3.56. The molecule has 0 radical (unpaired) electrons. The smallest absolute Gasteiger partial charge is 0.379 e. The molecule has 44 heavy (non-hydrogen) atoms. The number of hydrogen-bond acceptors (Lipinski definition) is 5. The van der Waals surface area contributed by atoms with Gasteiger partial charge >= 0.3 is 6.68 Å². The number of allylic oxidation sites excluding steroid dienone is 3. The van der Waals surface area contributed by atoms with Gasteiger partial charge in [-0.25, -0.2) is 9.40 Å². The molecule has 1 aliphatic rings. The zero-order chi connectivity index (χ0) is 34.0. The predicted octanol–water partition coefficient (Wildman–Crippen LogP) is 8.64. The molecule has 1 saturated heterocycles. The van der Waals surface area contributed by atoms with Crippen LogP contribution in [0.3, 0.4) is 0 Å². The molecule has 246 valence electrons. The molecule has 2 aromatic rings. The number of nitrogens with zero attached hydrogens (tertiary/aromatic N) is 2. The maximum atomic E-state index is 14.8. The normalized spacial score (nSPS) is 14.5. The van der Waals surface area contributed by atoms with Crippen LogP contribution < -0.4 is 16.5 Å². The van der Waals surface area contributed by atoms with Gasteiger partial charge in [0.05, 0.1) is 5.69 Å². The first-order chi connectivity index (χ1) is 20.8. The van der Waals surface area contributed by atoms with E-state index < -0.39 is 6.68 Å². The van der Waals surface area contributed by atoms with Crippen molar-refractivity contribution in [3.63, 3.8) is 0 Å². The van der Waals surface area contributed by atoms with Gasteiger partial charge in [0.1, 0.15) is 5.82 Å². The van der Waals surface area contributed by atoms with Gasteiger partial charge in [0.15, 0.2) is 0 Å². The Kier molecular flexibility index (Phi) is 18.8. The van der Waals surface area contributed by atoms with E-state index in [2.05, 4.69) is 60.1 Å². The second-order valence-corrected chi connectivity index (χ2v) is 10.2. The molecule has 0 bridgehead atoms. The Morgan fingerprint density at radius 2 is 1.61 bits per heavy atom. The van der Waals surface area contributed by atoms with Crippen molar-refractivity contribution in [3.05, 3.63) is 108 Å². The summed E-state index contributed by atoms with van der Waals surface area (Å²) in [7, 11) is 3.83. The van der Waals surface area contributed by atoms with Gasteiger partial charge in [-0.2, -0.15) is 13.2 Å². The van der Waals surface area contributed by atoms with Gasteiger partial charge in [0, 0.05) is 62.1 Å². The molecule has 4 N–H and O–H groups in total. The average Bonchev–Trinajstić information content (AvgIpc) is 2.97. The molecule has 3 rings (SSSR count). The summed E-state index contributed by atoms with van der Waals surface area (Å²) in [6.07, 6.45) is 5.84. The highest BCUT2D eigenvalue weighted by Crippen LogP contribution is 2.37. The summed E-state index contributed by atoms with van der Waals surface area (Å²) in [5.74, 6) is -0.298. The molecule has 0 spiro atoms. The van der Waals surface area contributed by atoms with Gasteiger partial charge in [-0.3, -0.25) is 0 Å². The molecule has 2 aromatic carbocycles. The second-order valence-electron chi connectivity index (χ2n) is 10.2. The first-order valence-electron chi connectivity index (χ1n) is 15.0. The molecule has 0 amide bonds. The van der Waals surface area contributed by atoms with Gasteiger partial charge < -0.3 is 21.4 Å². The molecule has 0 saturated carbocycles. The van der Waals surface area contributed by atoms with Crippen LogP contribution in [0, 0.1) is 5.82 Å². The fourth-order valence-corrected chi connectivity index (χ4v) is 4.56. The Bertz CT molecular complexity index is 1200. The second kappa shape index (κ2) is 20.4. The molecule has 1 fully saturated rings. The van der Waals surface area contributed by atoms with Crippen molar-refractivity contribution < 1.29 is 17.6 Å². The van der Waals surface area contributed by atoms with E-state index in [1.807, 2.05) is 84.8 Å². The molecule has 1 aliphatic heterocycles. The van der Waals surface area contributed by atoms with Crippen molar-refractivity contribution in [3.8, 4) is 0 Å². The molecular formula is C35H53F4N5. The van der Waals surface area contributed by atoms with Crippen LogP contribution in [0.1, 0.15) is 65.2 Å². The predicted molar refractivity (Wildman–Crippen MR) is 180 cm³/mol. The lowest BCUT2D eigenvalue weighted by Gasteiger charge is -2.49. The van der Waals surface area contributed by atoms with E-state index in [0.29, 0.717) is 12.2 Å². The van der Waals surface area contributed by atoms with Crippen molar-refractivity contribution in [1.29, 1.82) is 0 Å². The SMILES string of the molecule is C=C(N)/C(=C/C=C\C)C(C)NCc1cc(F)cc(C(=C)N(C)C)c1NN1CC(C)(c2ccccc2)C1.CC.CC.FC(F)F. The molecule has 0 aromatic heterocycles. The lowest BCUT2D eigenvalue weighted by Crippen LogP contribution is -2.59. The van der Waals surface area contributed by atoms with Crippen LogP contribution in [0.4, 0.5) is 23.2 Å². The zero-order valence-electron chi connectivity index (χ0n) is 27.9. The number of nitrogens with one attached hydrogen (secondary N) is 2. The van der Waals surface area contributed by atoms with Crippen LogP contribution in [0.15, 0.2) is 85.1 Å². The topological polar surface area (TPSA) is 56.6 Å². The third-order valence-corrected chi connectivity index (χ3v) is 6.76. The third-order valence-electron chi connectivity index (χ3n) is 6.76. The molecule has 9 heteroatoms. The van der Waals surface area contributed by atoms with Crippen LogP contribution >= 0.6 is 0 Å². The average molecular weight is 620 g/mol. The lowest BCUT2D eigenvalue weighted by atomic mass is 9.76. The van der Waals surface area contributed by atoms with Crippen molar-refractivity contribution in [1.82, 2.24) is 15.2 Å². The largest absolute Gasteiger partial charge is 0.399 e. The summed E-state index contributed by atoms with van der Waals surface area (Å²) < 4.78 is 43.8. The summed E-state index contributed by atoms with van der Waals surface area (Å²) >= 11 is 0. The molecule has 1 unspecified atom stereocenters. The Morgan fingerprint density at radius 1 is 1.07 bits per heavy atom. The molecule has 1 atom stereocenters. The van der Waals surface area contributed by atoms with Crippen molar-refractivity contribution in [2.24, 2.45) is 5.73 Å². The van der Waals surface area contributed by atoms with Gasteiger partial charge in [-0.05, 0) is 42.7 Å². The quantitative estimate of drug-likeness (QED) is 0.174. The molecular weight excluding hydrogens is 566 g/mol. The monoisotopic (exact) mass is 619 g/mol. The van der Waals surface area contributed by atoms with Gasteiger partial charge in [0.2, 0.25) is 0 Å². The van der Waals surface area contributed by atoms with Crippen LogP contribution in [0.5, 0.6) is 0 Å². The number of alkyl halides is 3. The van der Waals surface area contributed by atoms with Crippen molar-refractivity contribution >= 4 is 11.4 Å². The number of hydrazine groups is 1. The standard InChI is InChI=1S/C30H40FN5.2C2H6.CHF3/c1-8-9-15-27(21(2)32)22(3)33-18-24-16-26(31)17-28(23(4)35(6)7)29(24)34-36-19-30(5,20-36)25-13-11-10-12-14-25;2*1-2;2-1(3)4/h8-17,22,33-34H,2,4,18-20,32H2,1,3,5-7H3;2*1-2H3;1H/b9-8-,27-15-;;;. The summed E-state index contributed by atoms with van der Waals surface area (Å²) in [6.45, 7) is 20.8. The molecule has 0 aliphatic carbocycles. The highest BCUT2D eigenvalue weighted by Gasteiger charge is 2.40. The summed E-state index contributed by atoms with van der Waals surface area (Å²) in [5, 5.41) is 5.67. The maximum absolute atomic E-state index is 14.8. The fourth-order valence-electron chi connectivity index (χ4n) is 4.56. The maximum Gasteiger partial charge on any atom is 0.379 e. The number of halogens is 4. The third kappa shape index (κ3) is 12.6. The highest BCUT2D eigenvalue weighted by molar-refractivity contribution is 5.76. The van der Waals surface area contributed by atoms with E-state index >= 15 is 0 Å². The number of benzene rings is 2. The molecule has 5 nitrogen and oxygen atoms in total. The zero-order valence-corrected chi connectivity index (χ0v) is 27.9. The number of nitrogens with two attached hydrogens (primary N) is 1. The van der Waals surface area contributed by atoms with Crippen molar-refractivity contribution in [2.45, 2.75) is 73.1 Å². The fraction of sp³-hybridized carbons (Fsp3) is 0.429. The lowest BCUT2D eigenvalue weighted by molar-refractivity contribution is 0.00819. The van der Waals surface area contributed by atoms with Crippen LogP contribution in [0.2, 0.25) is 0 Å². The van der Waals surface area contributed by atoms with Crippen LogP contribution in [-0.2, 0) is 12.0 Å². The Balaban J connectivity index is 0.00000210. The summed E-state index contributed by atoms with van der Waals surface area (Å²) in [5.41, 5.74) is 15.6.